The number of carbonyl (C=O) groups excluding carboxylic acids is 2. The number of rotatable bonds is 16. The first-order valence-corrected chi connectivity index (χ1v) is 17.4. The smallest absolute Gasteiger partial charge is 0.261 e. The quantitative estimate of drug-likeness (QED) is 0.176. The maximum atomic E-state index is 14.4. The minimum atomic E-state index is -0.132. The molecule has 0 aromatic carbocycles. The van der Waals surface area contributed by atoms with E-state index in [2.05, 4.69) is 45.7 Å². The topological polar surface area (TPSA) is 59.1 Å². The fourth-order valence-electron chi connectivity index (χ4n) is 5.34. The van der Waals surface area contributed by atoms with Crippen LogP contribution < -0.4 is 0 Å². The monoisotopic (exact) mass is 712 g/mol. The number of hydrogen-bond donors (Lipinski definition) is 0. The Hall–Kier alpha value is -1.30. The lowest BCUT2D eigenvalue weighted by Gasteiger charge is -2.29. The summed E-state index contributed by atoms with van der Waals surface area (Å²) >= 11 is 10.3. The summed E-state index contributed by atoms with van der Waals surface area (Å²) < 4.78 is 14.1. The summed E-state index contributed by atoms with van der Waals surface area (Å²) in [5.41, 5.74) is 2.38. The van der Waals surface area contributed by atoms with Gasteiger partial charge in [-0.3, -0.25) is 9.59 Å². The minimum Gasteiger partial charge on any atom is -0.377 e. The van der Waals surface area contributed by atoms with Crippen LogP contribution in [0.5, 0.6) is 0 Å². The number of hydrogen-bond acceptors (Lipinski definition) is 6. The van der Waals surface area contributed by atoms with Gasteiger partial charge in [-0.05, 0) is 82.8 Å². The number of nitrogens with zero attached hydrogens (tertiary/aromatic N) is 2. The molecule has 0 fully saturated rings. The molecule has 4 heterocycles. The van der Waals surface area contributed by atoms with Crippen LogP contribution in [0.15, 0.2) is 43.0 Å². The van der Waals surface area contributed by atoms with Crippen LogP contribution in [-0.2, 0) is 19.1 Å². The first-order valence-electron chi connectivity index (χ1n) is 14.2. The molecule has 2 aromatic heterocycles. The predicted octanol–water partition coefficient (Wildman–Crippen LogP) is 8.33. The molecule has 0 saturated carbocycles. The lowest BCUT2D eigenvalue weighted by molar-refractivity contribution is -0.125. The molecular formula is C30H38Br2N2O4S2. The van der Waals surface area contributed by atoms with E-state index in [-0.39, 0.29) is 24.0 Å². The molecule has 4 rings (SSSR count). The van der Waals surface area contributed by atoms with Crippen molar-refractivity contribution in [3.63, 3.8) is 0 Å². The van der Waals surface area contributed by atoms with Crippen LogP contribution in [0.2, 0.25) is 0 Å². The van der Waals surface area contributed by atoms with Crippen LogP contribution in [0.1, 0.15) is 76.0 Å². The minimum absolute atomic E-state index is 0.103. The molecule has 6 nitrogen and oxygen atoms in total. The van der Waals surface area contributed by atoms with Gasteiger partial charge < -0.3 is 19.3 Å². The van der Waals surface area contributed by atoms with Crippen LogP contribution >= 0.6 is 54.5 Å². The molecule has 218 valence electrons. The molecule has 2 aliphatic rings. The molecule has 0 radical (unpaired) electrons. The molecule has 2 aliphatic heterocycles. The van der Waals surface area contributed by atoms with Gasteiger partial charge in [0.2, 0.25) is 0 Å². The summed E-state index contributed by atoms with van der Waals surface area (Å²) in [7, 11) is 0. The Balaban J connectivity index is 1.85. The Kier molecular flexibility index (Phi) is 11.7. The second-order valence-corrected chi connectivity index (χ2v) is 14.9. The molecule has 0 aliphatic carbocycles. The molecule has 2 unspecified atom stereocenters. The van der Waals surface area contributed by atoms with Gasteiger partial charge in [0, 0.05) is 13.2 Å². The van der Waals surface area contributed by atoms with Crippen molar-refractivity contribution in [3.05, 3.63) is 52.7 Å². The first-order chi connectivity index (χ1) is 19.3. The zero-order valence-corrected chi connectivity index (χ0v) is 28.4. The molecule has 0 spiro atoms. The number of fused-ring (bicyclic) bond motifs is 1. The first kappa shape index (κ1) is 31.6. The summed E-state index contributed by atoms with van der Waals surface area (Å²) in [6.07, 6.45) is 5.66. The highest BCUT2D eigenvalue weighted by Gasteiger charge is 2.50. The average molecular weight is 715 g/mol. The van der Waals surface area contributed by atoms with Crippen molar-refractivity contribution >= 4 is 77.7 Å². The van der Waals surface area contributed by atoms with Crippen LogP contribution in [0, 0.1) is 0 Å². The van der Waals surface area contributed by atoms with Gasteiger partial charge in [0.25, 0.3) is 11.8 Å². The van der Waals surface area contributed by atoms with E-state index in [9.17, 15) is 9.59 Å². The van der Waals surface area contributed by atoms with E-state index in [1.165, 1.54) is 22.7 Å². The lowest BCUT2D eigenvalue weighted by atomic mass is 10.1. The zero-order valence-electron chi connectivity index (χ0n) is 23.6. The van der Waals surface area contributed by atoms with Crippen molar-refractivity contribution in [1.82, 2.24) is 9.80 Å². The highest BCUT2D eigenvalue weighted by Crippen LogP contribution is 2.49. The Morgan fingerprint density at radius 3 is 1.40 bits per heavy atom. The molecular weight excluding hydrogens is 676 g/mol. The molecule has 40 heavy (non-hydrogen) atoms. The SMILES string of the molecule is CCCCC(CN1C(=O)C2=C(c3ccc(Br)s3)N(CC(CCCC)OCC)C(=O)C2=C1c1ccc(Br)s1)OCC. The van der Waals surface area contributed by atoms with Crippen molar-refractivity contribution in [2.45, 2.75) is 78.4 Å². The molecule has 2 aromatic rings. The third-order valence-corrected chi connectivity index (χ3v) is 10.4. The molecule has 0 N–H and O–H groups in total. The van der Waals surface area contributed by atoms with E-state index in [0.717, 1.165) is 55.9 Å². The standard InChI is InChI=1S/C30H38Br2N2O4S2/c1-5-9-11-19(37-7-3)17-33-27(21-13-15-23(31)39-21)25-26(29(33)35)28(22-14-16-24(32)40-22)34(30(25)36)18-20(38-8-4)12-10-6-2/h13-16,19-20H,5-12,17-18H2,1-4H3. The van der Waals surface area contributed by atoms with E-state index in [4.69, 9.17) is 9.47 Å². The summed E-state index contributed by atoms with van der Waals surface area (Å²) in [6, 6.07) is 7.92. The number of halogens is 2. The fraction of sp³-hybridized carbons (Fsp3) is 0.533. The Bertz CT molecular complexity index is 1170. The Morgan fingerprint density at radius 1 is 0.700 bits per heavy atom. The zero-order chi connectivity index (χ0) is 28.8. The highest BCUT2D eigenvalue weighted by atomic mass is 79.9. The number of thiophene rings is 2. The summed E-state index contributed by atoms with van der Waals surface area (Å²) in [5, 5.41) is 0. The largest absolute Gasteiger partial charge is 0.377 e. The van der Waals surface area contributed by atoms with Gasteiger partial charge in [0.15, 0.2) is 0 Å². The Labute approximate surface area is 262 Å². The van der Waals surface area contributed by atoms with E-state index >= 15 is 0 Å². The van der Waals surface area contributed by atoms with Crippen LogP contribution in [0.3, 0.4) is 0 Å². The summed E-state index contributed by atoms with van der Waals surface area (Å²) in [5.74, 6) is -0.264. The molecule has 0 bridgehead atoms. The van der Waals surface area contributed by atoms with Crippen molar-refractivity contribution in [2.75, 3.05) is 26.3 Å². The van der Waals surface area contributed by atoms with Crippen molar-refractivity contribution in [2.24, 2.45) is 0 Å². The van der Waals surface area contributed by atoms with Crippen molar-refractivity contribution < 1.29 is 19.1 Å². The summed E-state index contributed by atoms with van der Waals surface area (Å²) in [6.45, 7) is 10.3. The number of carbonyl (C=O) groups is 2. The van der Waals surface area contributed by atoms with Crippen LogP contribution in [-0.4, -0.2) is 60.1 Å². The third-order valence-electron chi connectivity index (χ3n) is 7.13. The maximum absolute atomic E-state index is 14.4. The fourth-order valence-corrected chi connectivity index (χ4v) is 8.23. The van der Waals surface area contributed by atoms with E-state index in [0.29, 0.717) is 48.8 Å². The molecule has 2 amide bonds. The average Bonchev–Trinajstić information content (AvgIpc) is 3.68. The van der Waals surface area contributed by atoms with Crippen molar-refractivity contribution in [3.8, 4) is 0 Å². The van der Waals surface area contributed by atoms with Crippen LogP contribution in [0.4, 0.5) is 0 Å². The lowest BCUT2D eigenvalue weighted by Crippen LogP contribution is -2.38. The molecule has 10 heteroatoms. The van der Waals surface area contributed by atoms with E-state index in [1.807, 2.05) is 38.1 Å². The van der Waals surface area contributed by atoms with Crippen molar-refractivity contribution in [1.29, 1.82) is 0 Å². The predicted molar refractivity (Wildman–Crippen MR) is 171 cm³/mol. The third kappa shape index (κ3) is 6.84. The van der Waals surface area contributed by atoms with Gasteiger partial charge >= 0.3 is 0 Å². The number of ether oxygens (including phenoxy) is 2. The molecule has 2 atom stereocenters. The van der Waals surface area contributed by atoms with E-state index < -0.39 is 0 Å². The highest BCUT2D eigenvalue weighted by molar-refractivity contribution is 9.11. The van der Waals surface area contributed by atoms with Gasteiger partial charge in [-0.1, -0.05) is 39.5 Å². The van der Waals surface area contributed by atoms with Gasteiger partial charge in [0.05, 0.1) is 65.2 Å². The van der Waals surface area contributed by atoms with Crippen LogP contribution in [0.25, 0.3) is 11.4 Å². The van der Waals surface area contributed by atoms with E-state index in [1.54, 1.807) is 9.80 Å². The second kappa shape index (κ2) is 14.7. The van der Waals surface area contributed by atoms with Gasteiger partial charge in [-0.2, -0.15) is 0 Å². The summed E-state index contributed by atoms with van der Waals surface area (Å²) in [4.78, 5) is 34.2. The second-order valence-electron chi connectivity index (χ2n) is 9.93. The Morgan fingerprint density at radius 2 is 1.10 bits per heavy atom. The number of unbranched alkanes of at least 4 members (excludes halogenated alkanes) is 2. The van der Waals surface area contributed by atoms with Gasteiger partial charge in [0.1, 0.15) is 0 Å². The number of amides is 2. The maximum Gasteiger partial charge on any atom is 0.261 e. The molecule has 0 saturated heterocycles. The van der Waals surface area contributed by atoms with Gasteiger partial charge in [-0.15, -0.1) is 22.7 Å². The van der Waals surface area contributed by atoms with Gasteiger partial charge in [-0.25, -0.2) is 0 Å². The normalized spacial score (nSPS) is 17.1.